The molecule has 12 heteroatoms. The maximum atomic E-state index is 12.6. The Hall–Kier alpha value is -3.25. The van der Waals surface area contributed by atoms with Crippen LogP contribution >= 0.6 is 23.1 Å². The van der Waals surface area contributed by atoms with Gasteiger partial charge in [-0.15, -0.1) is 0 Å². The molecule has 2 amide bonds. The van der Waals surface area contributed by atoms with Gasteiger partial charge < -0.3 is 15.4 Å². The summed E-state index contributed by atoms with van der Waals surface area (Å²) < 4.78 is 0.617. The highest BCUT2D eigenvalue weighted by Gasteiger charge is 2.25. The van der Waals surface area contributed by atoms with E-state index in [-0.39, 0.29) is 23.3 Å². The van der Waals surface area contributed by atoms with E-state index < -0.39 is 12.0 Å². The van der Waals surface area contributed by atoms with Crippen LogP contribution in [0.4, 0.5) is 15.6 Å². The average molecular weight is 473 g/mol. The first kappa shape index (κ1) is 22.0. The standard InChI is InChI=1S/C20H20N6O4S2/c27-15(28)10-14-17(31-19-22-7-8-23-19)32-20(25-14)26-18(30)24-12-5-6-21-13(9-12)16(29)11-3-1-2-4-11/h5-9,11H,1-4,10H2,(H,22,23)(H,27,28)(H2,21,24,25,26,30). The van der Waals surface area contributed by atoms with Crippen molar-refractivity contribution in [3.8, 4) is 0 Å². The Balaban J connectivity index is 1.43. The number of hydrogen-bond donors (Lipinski definition) is 4. The van der Waals surface area contributed by atoms with Crippen molar-refractivity contribution >= 4 is 51.7 Å². The third-order valence-corrected chi connectivity index (χ3v) is 7.00. The number of Topliss-reactive ketones (excluding diaryl/α,β-unsaturated/α-hetero) is 1. The lowest BCUT2D eigenvalue weighted by Gasteiger charge is -2.09. The van der Waals surface area contributed by atoms with E-state index in [0.717, 1.165) is 37.0 Å². The van der Waals surface area contributed by atoms with Crippen LogP contribution in [0, 0.1) is 5.92 Å². The molecule has 1 saturated carbocycles. The second kappa shape index (κ2) is 9.92. The fourth-order valence-corrected chi connectivity index (χ4v) is 5.42. The number of carbonyl (C=O) groups excluding carboxylic acids is 2. The summed E-state index contributed by atoms with van der Waals surface area (Å²) in [5.74, 6) is -1.02. The zero-order chi connectivity index (χ0) is 22.5. The van der Waals surface area contributed by atoms with Crippen molar-refractivity contribution in [1.82, 2.24) is 19.9 Å². The number of H-pyrrole nitrogens is 1. The summed E-state index contributed by atoms with van der Waals surface area (Å²) in [6.07, 6.45) is 8.31. The summed E-state index contributed by atoms with van der Waals surface area (Å²) >= 11 is 2.39. The fraction of sp³-hybridized carbons (Fsp3) is 0.300. The Labute approximate surface area is 191 Å². The number of carboxylic acids is 1. The molecule has 4 rings (SSSR count). The van der Waals surface area contributed by atoms with Crippen LogP contribution in [0.1, 0.15) is 41.9 Å². The van der Waals surface area contributed by atoms with Crippen LogP contribution in [0.3, 0.4) is 0 Å². The zero-order valence-corrected chi connectivity index (χ0v) is 18.5. The summed E-state index contributed by atoms with van der Waals surface area (Å²) in [5.41, 5.74) is 1.11. The molecule has 1 aliphatic rings. The van der Waals surface area contributed by atoms with E-state index in [1.54, 1.807) is 24.5 Å². The van der Waals surface area contributed by atoms with E-state index in [9.17, 15) is 14.4 Å². The Morgan fingerprint density at radius 2 is 2.00 bits per heavy atom. The number of anilines is 2. The fourth-order valence-electron chi connectivity index (χ4n) is 3.42. The minimum atomic E-state index is -1.02. The lowest BCUT2D eigenvalue weighted by Crippen LogP contribution is -2.20. The van der Waals surface area contributed by atoms with Crippen LogP contribution < -0.4 is 10.6 Å². The summed E-state index contributed by atoms with van der Waals surface area (Å²) in [5, 5.41) is 15.3. The lowest BCUT2D eigenvalue weighted by atomic mass is 9.99. The van der Waals surface area contributed by atoms with E-state index in [1.165, 1.54) is 18.0 Å². The van der Waals surface area contributed by atoms with E-state index in [2.05, 4.69) is 30.6 Å². The summed E-state index contributed by atoms with van der Waals surface area (Å²) in [7, 11) is 0. The number of rotatable bonds is 8. The Bertz CT molecular complexity index is 1130. The first-order chi connectivity index (χ1) is 15.5. The lowest BCUT2D eigenvalue weighted by molar-refractivity contribution is -0.136. The molecule has 3 aromatic rings. The van der Waals surface area contributed by atoms with Crippen molar-refractivity contribution in [2.75, 3.05) is 10.6 Å². The number of imidazole rings is 1. The molecular weight excluding hydrogens is 452 g/mol. The average Bonchev–Trinajstić information content (AvgIpc) is 3.51. The van der Waals surface area contributed by atoms with Crippen LogP contribution in [0.2, 0.25) is 0 Å². The first-order valence-corrected chi connectivity index (χ1v) is 11.6. The number of nitrogens with one attached hydrogen (secondary N) is 3. The molecule has 10 nitrogen and oxygen atoms in total. The summed E-state index contributed by atoms with van der Waals surface area (Å²) in [6.45, 7) is 0. The first-order valence-electron chi connectivity index (χ1n) is 9.95. The molecule has 1 aliphatic carbocycles. The number of thiazole rings is 1. The molecule has 3 aromatic heterocycles. The Morgan fingerprint density at radius 1 is 1.19 bits per heavy atom. The number of ketones is 1. The SMILES string of the molecule is O=C(O)Cc1nc(NC(=O)Nc2ccnc(C(=O)C3CCCC3)c2)sc1Sc1ncc[nH]1. The van der Waals surface area contributed by atoms with Crippen LogP contribution in [0.25, 0.3) is 0 Å². The molecule has 3 heterocycles. The van der Waals surface area contributed by atoms with Gasteiger partial charge in [-0.2, -0.15) is 0 Å². The van der Waals surface area contributed by atoms with Gasteiger partial charge in [-0.25, -0.2) is 14.8 Å². The smallest absolute Gasteiger partial charge is 0.325 e. The maximum Gasteiger partial charge on any atom is 0.325 e. The Kier molecular flexibility index (Phi) is 6.81. The molecule has 0 atom stereocenters. The molecule has 166 valence electrons. The van der Waals surface area contributed by atoms with Gasteiger partial charge >= 0.3 is 12.0 Å². The molecule has 0 radical (unpaired) electrons. The third kappa shape index (κ3) is 5.51. The molecule has 0 unspecified atom stereocenters. The van der Waals surface area contributed by atoms with Gasteiger partial charge in [-0.1, -0.05) is 24.2 Å². The third-order valence-electron chi connectivity index (χ3n) is 4.86. The zero-order valence-electron chi connectivity index (χ0n) is 16.8. The van der Waals surface area contributed by atoms with Gasteiger partial charge in [0.1, 0.15) is 5.69 Å². The number of nitrogens with zero attached hydrogens (tertiary/aromatic N) is 3. The molecule has 1 fully saturated rings. The van der Waals surface area contributed by atoms with Crippen molar-refractivity contribution in [2.45, 2.75) is 41.5 Å². The maximum absolute atomic E-state index is 12.6. The molecule has 32 heavy (non-hydrogen) atoms. The number of hydrogen-bond acceptors (Lipinski definition) is 8. The predicted molar refractivity (Wildman–Crippen MR) is 119 cm³/mol. The van der Waals surface area contributed by atoms with Crippen LogP contribution in [0.15, 0.2) is 40.1 Å². The second-order valence-electron chi connectivity index (χ2n) is 7.17. The van der Waals surface area contributed by atoms with Gasteiger partial charge in [0, 0.05) is 30.2 Å². The van der Waals surface area contributed by atoms with Gasteiger partial charge in [-0.3, -0.25) is 19.9 Å². The van der Waals surface area contributed by atoms with Crippen molar-refractivity contribution in [1.29, 1.82) is 0 Å². The van der Waals surface area contributed by atoms with Crippen molar-refractivity contribution < 1.29 is 19.5 Å². The van der Waals surface area contributed by atoms with Crippen molar-refractivity contribution in [3.05, 3.63) is 42.1 Å². The molecular formula is C20H20N6O4S2. The molecule has 0 saturated heterocycles. The van der Waals surface area contributed by atoms with Crippen LogP contribution in [0.5, 0.6) is 0 Å². The Morgan fingerprint density at radius 3 is 2.72 bits per heavy atom. The topological polar surface area (TPSA) is 150 Å². The van der Waals surface area contributed by atoms with Gasteiger partial charge in [0.15, 0.2) is 16.1 Å². The number of amides is 2. The highest BCUT2D eigenvalue weighted by Crippen LogP contribution is 2.36. The highest BCUT2D eigenvalue weighted by molar-refractivity contribution is 8.01. The summed E-state index contributed by atoms with van der Waals surface area (Å²) in [6, 6.07) is 2.61. The van der Waals surface area contributed by atoms with Gasteiger partial charge in [0.25, 0.3) is 0 Å². The molecule has 0 bridgehead atoms. The van der Waals surface area contributed by atoms with E-state index in [1.807, 2.05) is 0 Å². The quantitative estimate of drug-likeness (QED) is 0.359. The molecule has 0 aliphatic heterocycles. The molecule has 0 spiro atoms. The summed E-state index contributed by atoms with van der Waals surface area (Å²) in [4.78, 5) is 51.7. The van der Waals surface area contributed by atoms with Crippen LogP contribution in [-0.2, 0) is 11.2 Å². The van der Waals surface area contributed by atoms with Crippen molar-refractivity contribution in [2.24, 2.45) is 5.92 Å². The largest absolute Gasteiger partial charge is 0.481 e. The number of aliphatic carboxylic acids is 1. The number of aromatic amines is 1. The van der Waals surface area contributed by atoms with Gasteiger partial charge in [0.2, 0.25) is 0 Å². The molecule has 4 N–H and O–H groups in total. The minimum absolute atomic E-state index is 0.000339. The minimum Gasteiger partial charge on any atom is -0.481 e. The normalized spacial score (nSPS) is 13.8. The molecule has 0 aromatic carbocycles. The second-order valence-corrected chi connectivity index (χ2v) is 9.43. The number of aromatic nitrogens is 4. The monoisotopic (exact) mass is 472 g/mol. The van der Waals surface area contributed by atoms with E-state index >= 15 is 0 Å². The number of carboxylic acid groups (broad SMARTS) is 1. The van der Waals surface area contributed by atoms with Gasteiger partial charge in [-0.05, 0) is 36.7 Å². The van der Waals surface area contributed by atoms with Gasteiger partial charge in [0.05, 0.1) is 16.3 Å². The number of urea groups is 1. The number of pyridine rings is 1. The number of carbonyl (C=O) groups is 3. The predicted octanol–water partition coefficient (Wildman–Crippen LogP) is 4.06. The van der Waals surface area contributed by atoms with Crippen molar-refractivity contribution in [3.63, 3.8) is 0 Å². The van der Waals surface area contributed by atoms with Crippen LogP contribution in [-0.4, -0.2) is 42.8 Å². The van der Waals surface area contributed by atoms with E-state index in [4.69, 9.17) is 5.11 Å². The highest BCUT2D eigenvalue weighted by atomic mass is 32.2. The van der Waals surface area contributed by atoms with E-state index in [0.29, 0.717) is 26.4 Å².